The first kappa shape index (κ1) is 20.1. The van der Waals surface area contributed by atoms with E-state index in [0.717, 1.165) is 26.2 Å². The number of esters is 1. The van der Waals surface area contributed by atoms with Gasteiger partial charge in [0.2, 0.25) is 0 Å². The third-order valence-electron chi connectivity index (χ3n) is 5.77. The number of anilines is 1. The van der Waals surface area contributed by atoms with Gasteiger partial charge in [-0.3, -0.25) is 9.69 Å². The predicted octanol–water partition coefficient (Wildman–Crippen LogP) is 3.12. The molecule has 6 heteroatoms. The number of H-pyrrole nitrogens is 1. The lowest BCUT2D eigenvalue weighted by molar-refractivity contribution is 0.0599. The van der Waals surface area contributed by atoms with Gasteiger partial charge in [-0.2, -0.15) is 0 Å². The van der Waals surface area contributed by atoms with Gasteiger partial charge in [0.1, 0.15) is 0 Å². The van der Waals surface area contributed by atoms with Gasteiger partial charge < -0.3 is 14.6 Å². The molecular formula is C22H29N3O3. The van der Waals surface area contributed by atoms with Crippen molar-refractivity contribution in [2.75, 3.05) is 38.2 Å². The maximum absolute atomic E-state index is 13.1. The monoisotopic (exact) mass is 383 g/mol. The molecule has 2 heterocycles. The Hall–Kier alpha value is -2.60. The van der Waals surface area contributed by atoms with Crippen molar-refractivity contribution in [2.24, 2.45) is 0 Å². The van der Waals surface area contributed by atoms with Gasteiger partial charge in [-0.25, -0.2) is 4.79 Å². The van der Waals surface area contributed by atoms with Crippen molar-refractivity contribution < 1.29 is 14.3 Å². The molecule has 1 aliphatic rings. The van der Waals surface area contributed by atoms with Crippen LogP contribution in [0.5, 0.6) is 0 Å². The quantitative estimate of drug-likeness (QED) is 0.635. The fraction of sp³-hybridized carbons (Fsp3) is 0.455. The molecule has 1 saturated heterocycles. The number of aromatic nitrogens is 1. The Balaban J connectivity index is 1.70. The maximum atomic E-state index is 13.1. The molecule has 150 valence electrons. The predicted molar refractivity (Wildman–Crippen MR) is 110 cm³/mol. The van der Waals surface area contributed by atoms with Gasteiger partial charge in [-0.1, -0.05) is 18.2 Å². The summed E-state index contributed by atoms with van der Waals surface area (Å²) in [5.41, 5.74) is 4.84. The van der Waals surface area contributed by atoms with E-state index in [1.54, 1.807) is 13.8 Å². The Morgan fingerprint density at radius 3 is 2.32 bits per heavy atom. The standard InChI is InChI=1S/C22H29N3O3/c1-14-8-6-7-9-18(14)25-12-10-24(11-13-25)17(4)21(26)20-15(2)19(16(3)23-20)22(27)28-5/h6-9,17,23H,10-13H2,1-5H3. The number of aryl methyl sites for hydroxylation is 2. The van der Waals surface area contributed by atoms with E-state index in [9.17, 15) is 9.59 Å². The van der Waals surface area contributed by atoms with E-state index in [1.807, 2.05) is 6.92 Å². The number of carbonyl (C=O) groups is 2. The number of hydrogen-bond donors (Lipinski definition) is 1. The number of carbonyl (C=O) groups excluding carboxylic acids is 2. The molecule has 1 atom stereocenters. The van der Waals surface area contributed by atoms with Gasteiger partial charge in [-0.15, -0.1) is 0 Å². The third kappa shape index (κ3) is 3.69. The summed E-state index contributed by atoms with van der Waals surface area (Å²) < 4.78 is 4.85. The molecule has 0 bridgehead atoms. The minimum atomic E-state index is -0.412. The van der Waals surface area contributed by atoms with E-state index < -0.39 is 5.97 Å². The van der Waals surface area contributed by atoms with Crippen LogP contribution in [-0.2, 0) is 4.74 Å². The summed E-state index contributed by atoms with van der Waals surface area (Å²) in [5.74, 6) is -0.398. The van der Waals surface area contributed by atoms with Crippen LogP contribution in [0.3, 0.4) is 0 Å². The number of hydrogen-bond acceptors (Lipinski definition) is 5. The summed E-state index contributed by atoms with van der Waals surface area (Å²) in [7, 11) is 1.35. The van der Waals surface area contributed by atoms with Gasteiger partial charge in [0.05, 0.1) is 24.4 Å². The van der Waals surface area contributed by atoms with Crippen LogP contribution in [0.2, 0.25) is 0 Å². The van der Waals surface area contributed by atoms with Crippen molar-refractivity contribution in [3.05, 3.63) is 52.3 Å². The Labute approximate surface area is 166 Å². The lowest BCUT2D eigenvalue weighted by Crippen LogP contribution is -2.52. The highest BCUT2D eigenvalue weighted by atomic mass is 16.5. The van der Waals surface area contributed by atoms with Gasteiger partial charge in [0, 0.05) is 37.6 Å². The molecule has 1 N–H and O–H groups in total. The topological polar surface area (TPSA) is 65.6 Å². The second-order valence-electron chi connectivity index (χ2n) is 7.47. The van der Waals surface area contributed by atoms with Crippen LogP contribution >= 0.6 is 0 Å². The molecule has 1 unspecified atom stereocenters. The second-order valence-corrected chi connectivity index (χ2v) is 7.47. The molecule has 3 rings (SSSR count). The van der Waals surface area contributed by atoms with Crippen LogP contribution in [0, 0.1) is 20.8 Å². The minimum absolute atomic E-state index is 0.0140. The number of para-hydroxylation sites is 1. The number of rotatable bonds is 5. The van der Waals surface area contributed by atoms with Gasteiger partial charge in [0.15, 0.2) is 5.78 Å². The lowest BCUT2D eigenvalue weighted by Gasteiger charge is -2.39. The first-order valence-corrected chi connectivity index (χ1v) is 9.71. The van der Waals surface area contributed by atoms with E-state index >= 15 is 0 Å². The van der Waals surface area contributed by atoms with E-state index in [4.69, 9.17) is 4.74 Å². The van der Waals surface area contributed by atoms with Crippen LogP contribution in [0.15, 0.2) is 24.3 Å². The summed E-state index contributed by atoms with van der Waals surface area (Å²) in [6.45, 7) is 11.1. The molecule has 0 radical (unpaired) electrons. The van der Waals surface area contributed by atoms with Crippen molar-refractivity contribution in [1.82, 2.24) is 9.88 Å². The zero-order chi connectivity index (χ0) is 20.4. The van der Waals surface area contributed by atoms with Crippen molar-refractivity contribution >= 4 is 17.4 Å². The lowest BCUT2D eigenvalue weighted by atomic mass is 10.0. The highest BCUT2D eigenvalue weighted by Crippen LogP contribution is 2.24. The van der Waals surface area contributed by atoms with E-state index in [1.165, 1.54) is 18.4 Å². The molecule has 1 fully saturated rings. The normalized spacial score (nSPS) is 16.1. The Kier molecular flexibility index (Phi) is 5.89. The van der Waals surface area contributed by atoms with Crippen LogP contribution in [0.1, 0.15) is 44.6 Å². The first-order valence-electron chi connectivity index (χ1n) is 9.71. The Morgan fingerprint density at radius 2 is 1.71 bits per heavy atom. The summed E-state index contributed by atoms with van der Waals surface area (Å²) in [4.78, 5) is 32.8. The summed E-state index contributed by atoms with van der Waals surface area (Å²) >= 11 is 0. The van der Waals surface area contributed by atoms with Crippen LogP contribution in [0.4, 0.5) is 5.69 Å². The fourth-order valence-electron chi connectivity index (χ4n) is 4.05. The maximum Gasteiger partial charge on any atom is 0.339 e. The van der Waals surface area contributed by atoms with Crippen LogP contribution in [0.25, 0.3) is 0 Å². The second kappa shape index (κ2) is 8.19. The number of Topliss-reactive ketones (excluding diaryl/α,β-unsaturated/α-hetero) is 1. The van der Waals surface area contributed by atoms with Gasteiger partial charge >= 0.3 is 5.97 Å². The highest BCUT2D eigenvalue weighted by Gasteiger charge is 2.30. The molecule has 1 aromatic heterocycles. The molecule has 0 aliphatic carbocycles. The molecular weight excluding hydrogens is 354 g/mol. The number of nitrogens with one attached hydrogen (secondary N) is 1. The van der Waals surface area contributed by atoms with Gasteiger partial charge in [0.25, 0.3) is 0 Å². The average Bonchev–Trinajstić information content (AvgIpc) is 3.01. The molecule has 1 aliphatic heterocycles. The molecule has 6 nitrogen and oxygen atoms in total. The van der Waals surface area contributed by atoms with Crippen molar-refractivity contribution in [3.8, 4) is 0 Å². The number of methoxy groups -OCH3 is 1. The van der Waals surface area contributed by atoms with Crippen LogP contribution in [-0.4, -0.2) is 61.0 Å². The van der Waals surface area contributed by atoms with Gasteiger partial charge in [-0.05, 0) is 44.9 Å². The summed E-state index contributed by atoms with van der Waals surface area (Å²) in [5, 5.41) is 0. The fourth-order valence-corrected chi connectivity index (χ4v) is 4.05. The van der Waals surface area contributed by atoms with Crippen LogP contribution < -0.4 is 4.90 Å². The van der Waals surface area contributed by atoms with Crippen molar-refractivity contribution in [3.63, 3.8) is 0 Å². The molecule has 28 heavy (non-hydrogen) atoms. The highest BCUT2D eigenvalue weighted by molar-refractivity contribution is 6.03. The minimum Gasteiger partial charge on any atom is -0.465 e. The zero-order valence-corrected chi connectivity index (χ0v) is 17.3. The number of ether oxygens (including phenoxy) is 1. The summed E-state index contributed by atoms with van der Waals surface area (Å²) in [6.07, 6.45) is 0. The number of ketones is 1. The van der Waals surface area contributed by atoms with E-state index in [2.05, 4.69) is 46.0 Å². The van der Waals surface area contributed by atoms with Crippen molar-refractivity contribution in [1.29, 1.82) is 0 Å². The smallest absolute Gasteiger partial charge is 0.339 e. The third-order valence-corrected chi connectivity index (χ3v) is 5.77. The number of nitrogens with zero attached hydrogens (tertiary/aromatic N) is 2. The molecule has 1 aromatic carbocycles. The summed E-state index contributed by atoms with van der Waals surface area (Å²) in [6, 6.07) is 8.15. The number of benzene rings is 1. The van der Waals surface area contributed by atoms with Crippen molar-refractivity contribution in [2.45, 2.75) is 33.7 Å². The molecule has 0 spiro atoms. The SMILES string of the molecule is COC(=O)c1c(C)[nH]c(C(=O)C(C)N2CCN(c3ccccc3C)CC2)c1C. The number of piperazine rings is 1. The average molecular weight is 383 g/mol. The molecule has 0 amide bonds. The molecule has 2 aromatic rings. The Morgan fingerprint density at radius 1 is 1.07 bits per heavy atom. The number of aromatic amines is 1. The molecule has 0 saturated carbocycles. The van der Waals surface area contributed by atoms with E-state index in [0.29, 0.717) is 22.5 Å². The first-order chi connectivity index (χ1) is 13.3. The zero-order valence-electron chi connectivity index (χ0n) is 17.3. The van der Waals surface area contributed by atoms with E-state index in [-0.39, 0.29) is 11.8 Å². The Bertz CT molecular complexity index is 879. The largest absolute Gasteiger partial charge is 0.465 e.